The highest BCUT2D eigenvalue weighted by Gasteiger charge is 2.10. The number of benzene rings is 1. The molecule has 1 aromatic heterocycles. The fourth-order valence-electron chi connectivity index (χ4n) is 1.88. The van der Waals surface area contributed by atoms with Gasteiger partial charge < -0.3 is 14.5 Å². The Morgan fingerprint density at radius 3 is 2.81 bits per heavy atom. The summed E-state index contributed by atoms with van der Waals surface area (Å²) < 4.78 is 37.1. The van der Waals surface area contributed by atoms with Crippen LogP contribution in [-0.4, -0.2) is 6.54 Å². The third kappa shape index (κ3) is 4.56. The SMILES string of the molecule is CC(C)CNCc1ccoc1COc1cc(F)ccc1F. The van der Waals surface area contributed by atoms with Gasteiger partial charge in [-0.15, -0.1) is 0 Å². The van der Waals surface area contributed by atoms with Crippen molar-refractivity contribution >= 4 is 0 Å². The lowest BCUT2D eigenvalue weighted by Gasteiger charge is -2.09. The number of furan rings is 1. The highest BCUT2D eigenvalue weighted by atomic mass is 19.1. The monoisotopic (exact) mass is 295 g/mol. The minimum Gasteiger partial charge on any atom is -0.482 e. The molecule has 0 saturated carbocycles. The summed E-state index contributed by atoms with van der Waals surface area (Å²) in [4.78, 5) is 0. The molecule has 0 atom stereocenters. The van der Waals surface area contributed by atoms with Crippen LogP contribution in [0.4, 0.5) is 8.78 Å². The molecule has 5 heteroatoms. The average Bonchev–Trinajstić information content (AvgIpc) is 2.87. The lowest BCUT2D eigenvalue weighted by molar-refractivity contribution is 0.255. The molecular weight excluding hydrogens is 276 g/mol. The zero-order valence-electron chi connectivity index (χ0n) is 12.2. The van der Waals surface area contributed by atoms with Crippen LogP contribution in [0.2, 0.25) is 0 Å². The first-order valence-corrected chi connectivity index (χ1v) is 6.90. The Hall–Kier alpha value is -1.88. The van der Waals surface area contributed by atoms with E-state index in [1.54, 1.807) is 6.26 Å². The number of rotatable bonds is 7. The third-order valence-corrected chi connectivity index (χ3v) is 2.96. The van der Waals surface area contributed by atoms with Crippen LogP contribution in [0.1, 0.15) is 25.2 Å². The van der Waals surface area contributed by atoms with Crippen molar-refractivity contribution in [1.82, 2.24) is 5.32 Å². The van der Waals surface area contributed by atoms with Crippen LogP contribution in [0.25, 0.3) is 0 Å². The lowest BCUT2D eigenvalue weighted by atomic mass is 10.2. The van der Waals surface area contributed by atoms with Crippen LogP contribution in [0.15, 0.2) is 34.9 Å². The Balaban J connectivity index is 1.94. The van der Waals surface area contributed by atoms with Crippen LogP contribution < -0.4 is 10.1 Å². The summed E-state index contributed by atoms with van der Waals surface area (Å²) in [6.45, 7) is 5.85. The fraction of sp³-hybridized carbons (Fsp3) is 0.375. The molecule has 0 fully saturated rings. The van der Waals surface area contributed by atoms with Gasteiger partial charge in [-0.25, -0.2) is 8.78 Å². The summed E-state index contributed by atoms with van der Waals surface area (Å²) in [5.41, 5.74) is 0.951. The van der Waals surface area contributed by atoms with Crippen LogP contribution >= 0.6 is 0 Å². The van der Waals surface area contributed by atoms with E-state index in [0.29, 0.717) is 18.2 Å². The topological polar surface area (TPSA) is 34.4 Å². The first kappa shape index (κ1) is 15.5. The van der Waals surface area contributed by atoms with E-state index in [9.17, 15) is 8.78 Å². The molecule has 0 aliphatic carbocycles. The van der Waals surface area contributed by atoms with Gasteiger partial charge in [0.15, 0.2) is 11.6 Å². The van der Waals surface area contributed by atoms with Gasteiger partial charge in [0.2, 0.25) is 0 Å². The summed E-state index contributed by atoms with van der Waals surface area (Å²) in [7, 11) is 0. The maximum atomic E-state index is 13.5. The first-order valence-electron chi connectivity index (χ1n) is 6.90. The molecule has 114 valence electrons. The molecule has 21 heavy (non-hydrogen) atoms. The largest absolute Gasteiger partial charge is 0.482 e. The smallest absolute Gasteiger partial charge is 0.165 e. The predicted octanol–water partition coefficient (Wildman–Crippen LogP) is 3.88. The van der Waals surface area contributed by atoms with Crippen molar-refractivity contribution in [1.29, 1.82) is 0 Å². The zero-order valence-corrected chi connectivity index (χ0v) is 12.2. The molecule has 1 heterocycles. The van der Waals surface area contributed by atoms with E-state index in [-0.39, 0.29) is 12.4 Å². The van der Waals surface area contributed by atoms with E-state index >= 15 is 0 Å². The van der Waals surface area contributed by atoms with E-state index in [2.05, 4.69) is 19.2 Å². The summed E-state index contributed by atoms with van der Waals surface area (Å²) >= 11 is 0. The Labute approximate surface area is 122 Å². The maximum Gasteiger partial charge on any atom is 0.165 e. The van der Waals surface area contributed by atoms with Gasteiger partial charge in [0, 0.05) is 18.2 Å². The summed E-state index contributed by atoms with van der Waals surface area (Å²) in [6, 6.07) is 4.96. The molecule has 0 amide bonds. The first-order chi connectivity index (χ1) is 10.1. The Morgan fingerprint density at radius 2 is 2.05 bits per heavy atom. The van der Waals surface area contributed by atoms with E-state index in [4.69, 9.17) is 9.15 Å². The minimum absolute atomic E-state index is 0.0616. The maximum absolute atomic E-state index is 13.5. The van der Waals surface area contributed by atoms with Gasteiger partial charge in [-0.3, -0.25) is 0 Å². The summed E-state index contributed by atoms with van der Waals surface area (Å²) in [5.74, 6) is -0.0903. The average molecular weight is 295 g/mol. The van der Waals surface area contributed by atoms with Crippen molar-refractivity contribution in [2.24, 2.45) is 5.92 Å². The second-order valence-corrected chi connectivity index (χ2v) is 5.26. The van der Waals surface area contributed by atoms with Crippen LogP contribution in [0.5, 0.6) is 5.75 Å². The Morgan fingerprint density at radius 1 is 1.24 bits per heavy atom. The Kier molecular flexibility index (Phi) is 5.33. The molecule has 0 spiro atoms. The standard InChI is InChI=1S/C16H19F2NO2/c1-11(2)8-19-9-12-5-6-20-16(12)10-21-15-7-13(17)3-4-14(15)18/h3-7,11,19H,8-10H2,1-2H3. The molecule has 0 bridgehead atoms. The molecular formula is C16H19F2NO2. The predicted molar refractivity (Wildman–Crippen MR) is 75.9 cm³/mol. The lowest BCUT2D eigenvalue weighted by Crippen LogP contribution is -2.19. The molecule has 3 nitrogen and oxygen atoms in total. The zero-order chi connectivity index (χ0) is 15.2. The molecule has 0 aliphatic rings. The normalized spacial score (nSPS) is 11.1. The van der Waals surface area contributed by atoms with Crippen molar-refractivity contribution in [3.63, 3.8) is 0 Å². The van der Waals surface area contributed by atoms with Crippen LogP contribution in [-0.2, 0) is 13.2 Å². The van der Waals surface area contributed by atoms with Crippen molar-refractivity contribution < 1.29 is 17.9 Å². The van der Waals surface area contributed by atoms with Gasteiger partial charge in [-0.2, -0.15) is 0 Å². The van der Waals surface area contributed by atoms with Gasteiger partial charge in [0.25, 0.3) is 0 Å². The number of ether oxygens (including phenoxy) is 1. The highest BCUT2D eigenvalue weighted by molar-refractivity contribution is 5.25. The molecule has 2 rings (SSSR count). The van der Waals surface area contributed by atoms with E-state index < -0.39 is 11.6 Å². The van der Waals surface area contributed by atoms with Crippen molar-refractivity contribution in [3.05, 3.63) is 53.5 Å². The van der Waals surface area contributed by atoms with E-state index in [0.717, 1.165) is 30.3 Å². The van der Waals surface area contributed by atoms with E-state index in [1.165, 1.54) is 0 Å². The minimum atomic E-state index is -0.595. The summed E-state index contributed by atoms with van der Waals surface area (Å²) in [5, 5.41) is 3.30. The molecule has 1 N–H and O–H groups in total. The molecule has 0 saturated heterocycles. The van der Waals surface area contributed by atoms with Crippen LogP contribution in [0, 0.1) is 17.6 Å². The molecule has 0 aliphatic heterocycles. The van der Waals surface area contributed by atoms with Gasteiger partial charge in [-0.05, 0) is 30.7 Å². The van der Waals surface area contributed by atoms with Crippen molar-refractivity contribution in [3.8, 4) is 5.75 Å². The molecule has 2 aromatic rings. The number of hydrogen-bond donors (Lipinski definition) is 1. The van der Waals surface area contributed by atoms with Gasteiger partial charge in [-0.1, -0.05) is 13.8 Å². The molecule has 0 radical (unpaired) electrons. The van der Waals surface area contributed by atoms with Gasteiger partial charge in [0.1, 0.15) is 18.2 Å². The second kappa shape index (κ2) is 7.22. The third-order valence-electron chi connectivity index (χ3n) is 2.96. The Bertz CT molecular complexity index is 581. The van der Waals surface area contributed by atoms with Crippen molar-refractivity contribution in [2.75, 3.05) is 6.54 Å². The quantitative estimate of drug-likeness (QED) is 0.841. The molecule has 0 unspecified atom stereocenters. The highest BCUT2D eigenvalue weighted by Crippen LogP contribution is 2.20. The van der Waals surface area contributed by atoms with Gasteiger partial charge >= 0.3 is 0 Å². The number of halogens is 2. The summed E-state index contributed by atoms with van der Waals surface area (Å²) in [6.07, 6.45) is 1.56. The fourth-order valence-corrected chi connectivity index (χ4v) is 1.88. The number of nitrogens with one attached hydrogen (secondary N) is 1. The van der Waals surface area contributed by atoms with Gasteiger partial charge in [0.05, 0.1) is 6.26 Å². The van der Waals surface area contributed by atoms with Crippen molar-refractivity contribution in [2.45, 2.75) is 27.0 Å². The second-order valence-electron chi connectivity index (χ2n) is 5.26. The van der Waals surface area contributed by atoms with E-state index in [1.807, 2.05) is 6.07 Å². The molecule has 1 aromatic carbocycles. The van der Waals surface area contributed by atoms with Crippen LogP contribution in [0.3, 0.4) is 0 Å². The number of hydrogen-bond acceptors (Lipinski definition) is 3.